The highest BCUT2D eigenvalue weighted by molar-refractivity contribution is 7.89. The summed E-state index contributed by atoms with van der Waals surface area (Å²) in [5, 5.41) is 3.34. The monoisotopic (exact) mass is 294 g/mol. The van der Waals surface area contributed by atoms with Crippen LogP contribution in [0, 0.1) is 19.8 Å². The lowest BCUT2D eigenvalue weighted by molar-refractivity contribution is 0.217. The van der Waals surface area contributed by atoms with Crippen molar-refractivity contribution < 1.29 is 8.42 Å². The van der Waals surface area contributed by atoms with Gasteiger partial charge in [-0.05, 0) is 50.8 Å². The van der Waals surface area contributed by atoms with Crippen LogP contribution in [-0.4, -0.2) is 38.4 Å². The second-order valence-corrected chi connectivity index (χ2v) is 7.87. The van der Waals surface area contributed by atoms with E-state index in [1.165, 1.54) is 0 Å². The van der Waals surface area contributed by atoms with Crippen LogP contribution in [0.15, 0.2) is 23.1 Å². The van der Waals surface area contributed by atoms with Gasteiger partial charge in [-0.2, -0.15) is 4.31 Å². The summed E-state index contributed by atoms with van der Waals surface area (Å²) in [6.07, 6.45) is 2.10. The van der Waals surface area contributed by atoms with Crippen molar-refractivity contribution in [2.75, 3.05) is 19.6 Å². The first kappa shape index (κ1) is 14.0. The summed E-state index contributed by atoms with van der Waals surface area (Å²) in [7, 11) is -3.37. The maximum Gasteiger partial charge on any atom is 0.243 e. The van der Waals surface area contributed by atoms with E-state index in [1.54, 1.807) is 10.4 Å². The minimum atomic E-state index is -3.37. The zero-order chi connectivity index (χ0) is 14.3. The molecule has 4 nitrogen and oxygen atoms in total. The SMILES string of the molecule is Cc1ccc(S(=O)(=O)N2CCCC3CNCC32)c(C)c1. The second kappa shape index (κ2) is 5.13. The molecule has 2 aliphatic rings. The first-order valence-electron chi connectivity index (χ1n) is 7.30. The van der Waals surface area contributed by atoms with Crippen molar-refractivity contribution in [2.24, 2.45) is 5.92 Å². The zero-order valence-electron chi connectivity index (χ0n) is 12.1. The number of aryl methyl sites for hydroxylation is 2. The fraction of sp³-hybridized carbons (Fsp3) is 0.600. The molecule has 2 aliphatic heterocycles. The van der Waals surface area contributed by atoms with E-state index in [2.05, 4.69) is 5.32 Å². The molecule has 0 amide bonds. The molecule has 3 rings (SSSR count). The van der Waals surface area contributed by atoms with Gasteiger partial charge >= 0.3 is 0 Å². The summed E-state index contributed by atoms with van der Waals surface area (Å²) in [4.78, 5) is 0.468. The third kappa shape index (κ3) is 2.28. The highest BCUT2D eigenvalue weighted by Crippen LogP contribution is 2.32. The maximum absolute atomic E-state index is 13.0. The van der Waals surface area contributed by atoms with Crippen LogP contribution in [0.2, 0.25) is 0 Å². The van der Waals surface area contributed by atoms with Crippen LogP contribution < -0.4 is 5.32 Å². The summed E-state index contributed by atoms with van der Waals surface area (Å²) in [5.74, 6) is 0.476. The molecule has 0 aromatic heterocycles. The summed E-state index contributed by atoms with van der Waals surface area (Å²) in [5.41, 5.74) is 1.94. The molecular weight excluding hydrogens is 272 g/mol. The van der Waals surface area contributed by atoms with Gasteiger partial charge in [-0.1, -0.05) is 17.7 Å². The largest absolute Gasteiger partial charge is 0.315 e. The molecule has 2 unspecified atom stereocenters. The Bertz CT molecular complexity index is 612. The molecule has 0 radical (unpaired) electrons. The van der Waals surface area contributed by atoms with Gasteiger partial charge < -0.3 is 5.32 Å². The van der Waals surface area contributed by atoms with Crippen LogP contribution in [-0.2, 0) is 10.0 Å². The van der Waals surface area contributed by atoms with Crippen molar-refractivity contribution in [3.63, 3.8) is 0 Å². The van der Waals surface area contributed by atoms with Crippen molar-refractivity contribution in [3.8, 4) is 0 Å². The van der Waals surface area contributed by atoms with E-state index in [1.807, 2.05) is 26.0 Å². The molecule has 20 heavy (non-hydrogen) atoms. The van der Waals surface area contributed by atoms with Gasteiger partial charge in [0.15, 0.2) is 0 Å². The van der Waals surface area contributed by atoms with E-state index in [4.69, 9.17) is 0 Å². The Morgan fingerprint density at radius 2 is 2.05 bits per heavy atom. The number of piperidine rings is 1. The van der Waals surface area contributed by atoms with E-state index >= 15 is 0 Å². The molecule has 2 heterocycles. The highest BCUT2D eigenvalue weighted by atomic mass is 32.2. The highest BCUT2D eigenvalue weighted by Gasteiger charge is 2.41. The lowest BCUT2D eigenvalue weighted by atomic mass is 9.94. The van der Waals surface area contributed by atoms with E-state index in [9.17, 15) is 8.42 Å². The molecular formula is C15H22N2O2S. The molecule has 1 aromatic rings. The van der Waals surface area contributed by atoms with Crippen LogP contribution >= 0.6 is 0 Å². The fourth-order valence-corrected chi connectivity index (χ4v) is 5.47. The summed E-state index contributed by atoms with van der Waals surface area (Å²) in [6, 6.07) is 5.72. The van der Waals surface area contributed by atoms with Crippen molar-refractivity contribution in [1.29, 1.82) is 0 Å². The predicted octanol–water partition coefficient (Wildman–Crippen LogP) is 1.68. The van der Waals surface area contributed by atoms with Crippen LogP contribution in [0.4, 0.5) is 0 Å². The molecule has 5 heteroatoms. The van der Waals surface area contributed by atoms with Crippen LogP contribution in [0.25, 0.3) is 0 Å². The topological polar surface area (TPSA) is 49.4 Å². The quantitative estimate of drug-likeness (QED) is 0.903. The Kier molecular flexibility index (Phi) is 3.60. The Hall–Kier alpha value is -0.910. The number of fused-ring (bicyclic) bond motifs is 1. The molecule has 0 saturated carbocycles. The minimum Gasteiger partial charge on any atom is -0.315 e. The van der Waals surface area contributed by atoms with Gasteiger partial charge in [0.25, 0.3) is 0 Å². The standard InChI is InChI=1S/C15H22N2O2S/c1-11-5-6-15(12(2)8-11)20(18,19)17-7-3-4-13-9-16-10-14(13)17/h5-6,8,13-14,16H,3-4,7,9-10H2,1-2H3. The van der Waals surface area contributed by atoms with Gasteiger partial charge in [0, 0.05) is 19.1 Å². The average molecular weight is 294 g/mol. The van der Waals surface area contributed by atoms with E-state index in [0.29, 0.717) is 17.4 Å². The third-order valence-corrected chi connectivity index (χ3v) is 6.63. The van der Waals surface area contributed by atoms with Gasteiger partial charge in [-0.15, -0.1) is 0 Å². The number of benzene rings is 1. The van der Waals surface area contributed by atoms with Gasteiger partial charge in [-0.3, -0.25) is 0 Å². The van der Waals surface area contributed by atoms with E-state index < -0.39 is 10.0 Å². The molecule has 0 aliphatic carbocycles. The summed E-state index contributed by atoms with van der Waals surface area (Å²) in [6.45, 7) is 6.26. The van der Waals surface area contributed by atoms with Crippen molar-refractivity contribution >= 4 is 10.0 Å². The molecule has 110 valence electrons. The van der Waals surface area contributed by atoms with Gasteiger partial charge in [0.05, 0.1) is 4.90 Å². The third-order valence-electron chi connectivity index (χ3n) is 4.54. The number of nitrogens with one attached hydrogen (secondary N) is 1. The Labute approximate surface area is 121 Å². The van der Waals surface area contributed by atoms with Crippen LogP contribution in [0.3, 0.4) is 0 Å². The van der Waals surface area contributed by atoms with Gasteiger partial charge in [0.2, 0.25) is 10.0 Å². The number of nitrogens with zero attached hydrogens (tertiary/aromatic N) is 1. The lowest BCUT2D eigenvalue weighted by Gasteiger charge is -2.36. The molecule has 2 atom stereocenters. The smallest absolute Gasteiger partial charge is 0.243 e. The summed E-state index contributed by atoms with van der Waals surface area (Å²) < 4.78 is 27.7. The van der Waals surface area contributed by atoms with Gasteiger partial charge in [-0.25, -0.2) is 8.42 Å². The first-order valence-corrected chi connectivity index (χ1v) is 8.74. The number of hydrogen-bond donors (Lipinski definition) is 1. The van der Waals surface area contributed by atoms with Crippen molar-refractivity contribution in [1.82, 2.24) is 9.62 Å². The minimum absolute atomic E-state index is 0.134. The average Bonchev–Trinajstić information content (AvgIpc) is 2.85. The fourth-order valence-electron chi connectivity index (χ4n) is 3.54. The Morgan fingerprint density at radius 1 is 1.25 bits per heavy atom. The zero-order valence-corrected chi connectivity index (χ0v) is 12.9. The molecule has 0 spiro atoms. The molecule has 0 bridgehead atoms. The maximum atomic E-state index is 13.0. The number of rotatable bonds is 2. The van der Waals surface area contributed by atoms with E-state index in [0.717, 1.165) is 37.1 Å². The Morgan fingerprint density at radius 3 is 2.80 bits per heavy atom. The Balaban J connectivity index is 1.98. The second-order valence-electron chi connectivity index (χ2n) is 6.01. The number of sulfonamides is 1. The number of hydrogen-bond acceptors (Lipinski definition) is 3. The van der Waals surface area contributed by atoms with Crippen LogP contribution in [0.5, 0.6) is 0 Å². The van der Waals surface area contributed by atoms with Gasteiger partial charge in [0.1, 0.15) is 0 Å². The first-order chi connectivity index (χ1) is 9.50. The van der Waals surface area contributed by atoms with Crippen molar-refractivity contribution in [3.05, 3.63) is 29.3 Å². The molecule has 1 aromatic carbocycles. The molecule has 1 N–H and O–H groups in total. The van der Waals surface area contributed by atoms with Crippen LogP contribution in [0.1, 0.15) is 24.0 Å². The summed E-state index contributed by atoms with van der Waals surface area (Å²) >= 11 is 0. The van der Waals surface area contributed by atoms with Crippen molar-refractivity contribution in [2.45, 2.75) is 37.6 Å². The predicted molar refractivity (Wildman–Crippen MR) is 79.2 cm³/mol. The van der Waals surface area contributed by atoms with E-state index in [-0.39, 0.29) is 6.04 Å². The molecule has 2 fully saturated rings. The normalized spacial score (nSPS) is 27.5. The molecule has 2 saturated heterocycles. The lowest BCUT2D eigenvalue weighted by Crippen LogP contribution is -2.48.